The standard InChI is InChI=1S/C14H16BrN3O2S/c1-8-4-5-10(9(15)6-8)17-12(19)7-11-13(20)18(3)14(16-2)21-11/h4-6,11H,7H2,1-3H3,(H,17,19). The predicted molar refractivity (Wildman–Crippen MR) is 89.6 cm³/mol. The van der Waals surface area contributed by atoms with Gasteiger partial charge in [0, 0.05) is 25.0 Å². The molecule has 1 aliphatic heterocycles. The Morgan fingerprint density at radius 2 is 2.24 bits per heavy atom. The molecule has 1 saturated heterocycles. The highest BCUT2D eigenvalue weighted by Gasteiger charge is 2.36. The average Bonchev–Trinajstić information content (AvgIpc) is 2.70. The number of nitrogens with zero attached hydrogens (tertiary/aromatic N) is 2. The van der Waals surface area contributed by atoms with Crippen molar-refractivity contribution >= 4 is 50.4 Å². The van der Waals surface area contributed by atoms with E-state index < -0.39 is 5.25 Å². The van der Waals surface area contributed by atoms with E-state index in [4.69, 9.17) is 0 Å². The highest BCUT2D eigenvalue weighted by atomic mass is 79.9. The molecule has 2 amide bonds. The number of amides is 2. The normalized spacial score (nSPS) is 20.2. The average molecular weight is 370 g/mol. The zero-order chi connectivity index (χ0) is 15.6. The van der Waals surface area contributed by atoms with E-state index in [0.29, 0.717) is 10.9 Å². The van der Waals surface area contributed by atoms with E-state index >= 15 is 0 Å². The Hall–Kier alpha value is -1.34. The summed E-state index contributed by atoms with van der Waals surface area (Å²) in [6, 6.07) is 5.69. The van der Waals surface area contributed by atoms with Crippen molar-refractivity contribution in [1.29, 1.82) is 0 Å². The third kappa shape index (κ3) is 3.65. The predicted octanol–water partition coefficient (Wildman–Crippen LogP) is 2.65. The topological polar surface area (TPSA) is 61.8 Å². The molecular formula is C14H16BrN3O2S. The van der Waals surface area contributed by atoms with Crippen molar-refractivity contribution in [3.8, 4) is 0 Å². The lowest BCUT2D eigenvalue weighted by Gasteiger charge is -2.10. The summed E-state index contributed by atoms with van der Waals surface area (Å²) in [5, 5.41) is 3.07. The van der Waals surface area contributed by atoms with Gasteiger partial charge in [0.15, 0.2) is 5.17 Å². The summed E-state index contributed by atoms with van der Waals surface area (Å²) >= 11 is 4.74. The molecule has 0 saturated carbocycles. The number of hydrogen-bond acceptors (Lipinski definition) is 4. The zero-order valence-electron chi connectivity index (χ0n) is 12.0. The maximum atomic E-state index is 12.1. The molecule has 1 aromatic carbocycles. The summed E-state index contributed by atoms with van der Waals surface area (Å²) in [5.74, 6) is -0.269. The first-order valence-electron chi connectivity index (χ1n) is 6.39. The molecule has 2 rings (SSSR count). The quantitative estimate of drug-likeness (QED) is 0.890. The van der Waals surface area contributed by atoms with Gasteiger partial charge in [-0.15, -0.1) is 0 Å². The molecule has 1 fully saturated rings. The van der Waals surface area contributed by atoms with Gasteiger partial charge in [-0.3, -0.25) is 19.5 Å². The van der Waals surface area contributed by atoms with Gasteiger partial charge in [0.2, 0.25) is 11.8 Å². The van der Waals surface area contributed by atoms with E-state index in [1.54, 1.807) is 14.1 Å². The largest absolute Gasteiger partial charge is 0.325 e. The van der Waals surface area contributed by atoms with Crippen LogP contribution in [0.15, 0.2) is 27.7 Å². The van der Waals surface area contributed by atoms with Gasteiger partial charge in [-0.1, -0.05) is 17.8 Å². The van der Waals surface area contributed by atoms with Crippen molar-refractivity contribution < 1.29 is 9.59 Å². The third-order valence-corrected chi connectivity index (χ3v) is 5.08. The van der Waals surface area contributed by atoms with Gasteiger partial charge in [-0.2, -0.15) is 0 Å². The lowest BCUT2D eigenvalue weighted by molar-refractivity contribution is -0.127. The number of carbonyl (C=O) groups excluding carboxylic acids is 2. The van der Waals surface area contributed by atoms with Crippen molar-refractivity contribution in [3.05, 3.63) is 28.2 Å². The summed E-state index contributed by atoms with van der Waals surface area (Å²) in [6.45, 7) is 1.98. The summed E-state index contributed by atoms with van der Waals surface area (Å²) in [5.41, 5.74) is 1.81. The minimum atomic E-state index is -0.405. The number of anilines is 1. The minimum absolute atomic E-state index is 0.0845. The lowest BCUT2D eigenvalue weighted by Crippen LogP contribution is -2.30. The Bertz CT molecular complexity index is 618. The Kier molecular flexibility index (Phi) is 5.05. The van der Waals surface area contributed by atoms with Crippen LogP contribution < -0.4 is 5.32 Å². The van der Waals surface area contributed by atoms with Gasteiger partial charge in [-0.05, 0) is 40.5 Å². The first kappa shape index (κ1) is 16.0. The maximum absolute atomic E-state index is 12.1. The maximum Gasteiger partial charge on any atom is 0.242 e. The molecule has 1 unspecified atom stereocenters. The number of halogens is 1. The summed E-state index contributed by atoms with van der Waals surface area (Å²) in [4.78, 5) is 29.6. The fourth-order valence-corrected chi connectivity index (χ4v) is 3.68. The van der Waals surface area contributed by atoms with Crippen LogP contribution in [0.5, 0.6) is 0 Å². The molecule has 1 heterocycles. The van der Waals surface area contributed by atoms with Gasteiger partial charge in [0.25, 0.3) is 0 Å². The van der Waals surface area contributed by atoms with Crippen LogP contribution in [0, 0.1) is 6.92 Å². The third-order valence-electron chi connectivity index (χ3n) is 3.10. The number of carbonyl (C=O) groups is 2. The second kappa shape index (κ2) is 6.62. The summed E-state index contributed by atoms with van der Waals surface area (Å²) in [6.07, 6.45) is 0.132. The lowest BCUT2D eigenvalue weighted by atomic mass is 10.2. The van der Waals surface area contributed by atoms with Crippen LogP contribution in [0.25, 0.3) is 0 Å². The number of amidine groups is 1. The molecule has 1 atom stereocenters. The van der Waals surface area contributed by atoms with Crippen LogP contribution >= 0.6 is 27.7 Å². The van der Waals surface area contributed by atoms with Crippen molar-refractivity contribution in [3.63, 3.8) is 0 Å². The van der Waals surface area contributed by atoms with E-state index in [1.807, 2.05) is 25.1 Å². The van der Waals surface area contributed by atoms with E-state index in [1.165, 1.54) is 16.7 Å². The Morgan fingerprint density at radius 1 is 1.52 bits per heavy atom. The van der Waals surface area contributed by atoms with Crippen LogP contribution in [-0.2, 0) is 9.59 Å². The van der Waals surface area contributed by atoms with E-state index in [9.17, 15) is 9.59 Å². The van der Waals surface area contributed by atoms with Crippen LogP contribution in [0.1, 0.15) is 12.0 Å². The molecule has 0 radical (unpaired) electrons. The second-order valence-electron chi connectivity index (χ2n) is 4.75. The molecule has 0 bridgehead atoms. The molecular weight excluding hydrogens is 354 g/mol. The van der Waals surface area contributed by atoms with Gasteiger partial charge in [-0.25, -0.2) is 0 Å². The van der Waals surface area contributed by atoms with Crippen molar-refractivity contribution in [2.45, 2.75) is 18.6 Å². The smallest absolute Gasteiger partial charge is 0.242 e. The first-order valence-corrected chi connectivity index (χ1v) is 8.06. The van der Waals surface area contributed by atoms with Crippen LogP contribution in [-0.4, -0.2) is 41.2 Å². The molecule has 1 N–H and O–H groups in total. The van der Waals surface area contributed by atoms with Crippen molar-refractivity contribution in [2.75, 3.05) is 19.4 Å². The van der Waals surface area contributed by atoms with E-state index in [0.717, 1.165) is 10.0 Å². The molecule has 5 nitrogen and oxygen atoms in total. The number of benzene rings is 1. The minimum Gasteiger partial charge on any atom is -0.325 e. The number of aliphatic imine (C=N–C) groups is 1. The number of nitrogens with one attached hydrogen (secondary N) is 1. The molecule has 0 spiro atoms. The molecule has 0 aliphatic carbocycles. The highest BCUT2D eigenvalue weighted by molar-refractivity contribution is 9.10. The van der Waals surface area contributed by atoms with Crippen molar-refractivity contribution in [1.82, 2.24) is 4.90 Å². The van der Waals surface area contributed by atoms with Crippen LogP contribution in [0.3, 0.4) is 0 Å². The number of hydrogen-bond donors (Lipinski definition) is 1. The monoisotopic (exact) mass is 369 g/mol. The number of aryl methyl sites for hydroxylation is 1. The Labute approximate surface area is 136 Å². The molecule has 7 heteroatoms. The number of rotatable bonds is 3. The zero-order valence-corrected chi connectivity index (χ0v) is 14.4. The van der Waals surface area contributed by atoms with Gasteiger partial charge in [0.05, 0.1) is 5.69 Å². The summed E-state index contributed by atoms with van der Waals surface area (Å²) in [7, 11) is 3.31. The fraction of sp³-hybridized carbons (Fsp3) is 0.357. The van der Waals surface area contributed by atoms with Gasteiger partial charge in [0.1, 0.15) is 5.25 Å². The molecule has 1 aromatic rings. The van der Waals surface area contributed by atoms with E-state index in [-0.39, 0.29) is 18.2 Å². The van der Waals surface area contributed by atoms with Crippen molar-refractivity contribution in [2.24, 2.45) is 4.99 Å². The Balaban J connectivity index is 2.01. The van der Waals surface area contributed by atoms with E-state index in [2.05, 4.69) is 26.2 Å². The molecule has 112 valence electrons. The summed E-state index contributed by atoms with van der Waals surface area (Å²) < 4.78 is 0.828. The number of thioether (sulfide) groups is 1. The fourth-order valence-electron chi connectivity index (χ4n) is 1.99. The van der Waals surface area contributed by atoms with Gasteiger partial charge < -0.3 is 5.32 Å². The first-order chi connectivity index (χ1) is 9.92. The molecule has 21 heavy (non-hydrogen) atoms. The Morgan fingerprint density at radius 3 is 2.81 bits per heavy atom. The van der Waals surface area contributed by atoms with Gasteiger partial charge >= 0.3 is 0 Å². The second-order valence-corrected chi connectivity index (χ2v) is 6.77. The highest BCUT2D eigenvalue weighted by Crippen LogP contribution is 2.29. The molecule has 1 aliphatic rings. The SMILES string of the molecule is CN=C1SC(CC(=O)Nc2ccc(C)cc2Br)C(=O)N1C. The van der Waals surface area contributed by atoms with Crippen LogP contribution in [0.2, 0.25) is 0 Å². The molecule has 0 aromatic heterocycles. The van der Waals surface area contributed by atoms with Crippen LogP contribution in [0.4, 0.5) is 5.69 Å².